The molecule has 5 rings (SSSR count). The first-order valence-electron chi connectivity index (χ1n) is 15.0. The summed E-state index contributed by atoms with van der Waals surface area (Å²) in [6, 6.07) is 10.00. The highest BCUT2D eigenvalue weighted by Crippen LogP contribution is 2.32. The van der Waals surface area contributed by atoms with Crippen LogP contribution in [0.25, 0.3) is 0 Å². The Labute approximate surface area is 297 Å². The molecule has 5 heterocycles. The molecule has 2 N–H and O–H groups in total. The van der Waals surface area contributed by atoms with Crippen molar-refractivity contribution in [1.29, 1.82) is 0 Å². The Balaban J connectivity index is 0.000000222. The number of hydrogen-bond acceptors (Lipinski definition) is 10. The number of ether oxygens (including phenoxy) is 2. The molecule has 0 bridgehead atoms. The van der Waals surface area contributed by atoms with Crippen LogP contribution in [0.3, 0.4) is 0 Å². The number of nitrogens with one attached hydrogen (secondary N) is 1. The molecule has 0 aliphatic heterocycles. The predicted molar refractivity (Wildman–Crippen MR) is 164 cm³/mol. The fourth-order valence-corrected chi connectivity index (χ4v) is 4.12. The summed E-state index contributed by atoms with van der Waals surface area (Å²) in [7, 11) is 0. The molecular weight excluding hydrogens is 751 g/mol. The van der Waals surface area contributed by atoms with Gasteiger partial charge in [-0.2, -0.15) is 54.8 Å². The molecule has 0 amide bonds. The molecule has 23 heteroatoms. The van der Waals surface area contributed by atoms with Gasteiger partial charge >= 0.3 is 36.4 Å². The van der Waals surface area contributed by atoms with E-state index in [9.17, 15) is 53.9 Å². The fraction of sp³-hybridized carbons (Fsp3) is 0.290. The van der Waals surface area contributed by atoms with E-state index in [1.807, 2.05) is 0 Å². The summed E-state index contributed by atoms with van der Waals surface area (Å²) in [4.78, 5) is 41.3. The number of alkyl halides is 9. The lowest BCUT2D eigenvalue weighted by Crippen LogP contribution is -2.14. The SMILES string of the molecule is CCOC(=O)c1cn(Cc2ccccn2)nc1C(F)(F)F.CCOC(=O)c1cn[nH]c1C(F)(F)F.O=C(O)c1cn(Cc2ccccn2)nc1C(F)(F)F. The van der Waals surface area contributed by atoms with Gasteiger partial charge in [-0.25, -0.2) is 14.4 Å². The van der Waals surface area contributed by atoms with E-state index in [1.54, 1.807) is 41.5 Å². The maximum absolute atomic E-state index is 12.9. The molecular formula is C31H27F9N8O6. The minimum Gasteiger partial charge on any atom is -0.478 e. The molecule has 0 saturated heterocycles. The maximum Gasteiger partial charge on any atom is 0.436 e. The van der Waals surface area contributed by atoms with Crippen molar-refractivity contribution in [2.24, 2.45) is 0 Å². The number of aromatic carboxylic acids is 1. The van der Waals surface area contributed by atoms with Crippen molar-refractivity contribution < 1.29 is 68.5 Å². The summed E-state index contributed by atoms with van der Waals surface area (Å²) < 4.78 is 124. The summed E-state index contributed by atoms with van der Waals surface area (Å²) in [6.45, 7) is 3.03. The summed E-state index contributed by atoms with van der Waals surface area (Å²) in [5, 5.41) is 20.3. The first-order chi connectivity index (χ1) is 25.3. The van der Waals surface area contributed by atoms with E-state index < -0.39 is 70.2 Å². The van der Waals surface area contributed by atoms with Crippen molar-refractivity contribution in [1.82, 2.24) is 39.7 Å². The van der Waals surface area contributed by atoms with Crippen LogP contribution in [-0.4, -0.2) is 76.0 Å². The molecule has 0 spiro atoms. The van der Waals surface area contributed by atoms with Crippen LogP contribution in [0, 0.1) is 0 Å². The zero-order valence-electron chi connectivity index (χ0n) is 27.7. The molecule has 5 aromatic rings. The lowest BCUT2D eigenvalue weighted by Gasteiger charge is -2.05. The molecule has 5 aromatic heterocycles. The lowest BCUT2D eigenvalue weighted by molar-refractivity contribution is -0.142. The van der Waals surface area contributed by atoms with Crippen LogP contribution in [0.5, 0.6) is 0 Å². The van der Waals surface area contributed by atoms with Gasteiger partial charge in [-0.1, -0.05) is 12.1 Å². The van der Waals surface area contributed by atoms with E-state index in [4.69, 9.17) is 5.11 Å². The van der Waals surface area contributed by atoms with E-state index in [1.165, 1.54) is 26.2 Å². The van der Waals surface area contributed by atoms with Crippen molar-refractivity contribution in [2.75, 3.05) is 13.2 Å². The molecule has 0 radical (unpaired) electrons. The second-order valence-corrected chi connectivity index (χ2v) is 10.2. The Morgan fingerprint density at radius 1 is 0.685 bits per heavy atom. The number of aromatic nitrogens is 8. The van der Waals surface area contributed by atoms with Crippen molar-refractivity contribution in [3.05, 3.63) is 113 Å². The van der Waals surface area contributed by atoms with Gasteiger partial charge in [0, 0.05) is 24.8 Å². The number of esters is 2. The van der Waals surface area contributed by atoms with E-state index in [0.29, 0.717) is 11.4 Å². The molecule has 0 fully saturated rings. The highest BCUT2D eigenvalue weighted by molar-refractivity contribution is 5.91. The Kier molecular flexibility index (Phi) is 14.0. The second kappa shape index (κ2) is 18.0. The van der Waals surface area contributed by atoms with Crippen LogP contribution >= 0.6 is 0 Å². The summed E-state index contributed by atoms with van der Waals surface area (Å²) in [6.07, 6.45) is -8.48. The van der Waals surface area contributed by atoms with Gasteiger partial charge in [0.25, 0.3) is 0 Å². The number of carbonyl (C=O) groups excluding carboxylic acids is 2. The molecule has 0 saturated carbocycles. The van der Waals surface area contributed by atoms with Gasteiger partial charge in [-0.05, 0) is 38.1 Å². The Morgan fingerprint density at radius 2 is 1.13 bits per heavy atom. The smallest absolute Gasteiger partial charge is 0.436 e. The summed E-state index contributed by atoms with van der Waals surface area (Å²) in [5.41, 5.74) is -4.90. The largest absolute Gasteiger partial charge is 0.478 e. The average molecular weight is 779 g/mol. The number of carboxylic acids is 1. The molecule has 0 atom stereocenters. The number of nitrogens with zero attached hydrogens (tertiary/aromatic N) is 7. The normalized spacial score (nSPS) is 11.5. The first-order valence-corrected chi connectivity index (χ1v) is 15.0. The average Bonchev–Trinajstić information content (AvgIpc) is 3.85. The van der Waals surface area contributed by atoms with Gasteiger partial charge in [0.2, 0.25) is 0 Å². The number of hydrogen-bond donors (Lipinski definition) is 2. The maximum atomic E-state index is 12.9. The van der Waals surface area contributed by atoms with E-state index in [-0.39, 0.29) is 26.3 Å². The van der Waals surface area contributed by atoms with Crippen molar-refractivity contribution in [3.63, 3.8) is 0 Å². The van der Waals surface area contributed by atoms with Crippen LogP contribution in [0.15, 0.2) is 67.4 Å². The van der Waals surface area contributed by atoms with Gasteiger partial charge in [-0.3, -0.25) is 24.4 Å². The van der Waals surface area contributed by atoms with E-state index in [0.717, 1.165) is 28.0 Å². The molecule has 0 aliphatic carbocycles. The van der Waals surface area contributed by atoms with Crippen LogP contribution in [0.4, 0.5) is 39.5 Å². The third kappa shape index (κ3) is 11.9. The molecule has 0 aliphatic rings. The van der Waals surface area contributed by atoms with Crippen molar-refractivity contribution in [2.45, 2.75) is 45.5 Å². The van der Waals surface area contributed by atoms with E-state index in [2.05, 4.69) is 34.7 Å². The quantitative estimate of drug-likeness (QED) is 0.129. The number of carbonyl (C=O) groups is 3. The molecule has 290 valence electrons. The van der Waals surface area contributed by atoms with Gasteiger partial charge in [-0.15, -0.1) is 0 Å². The molecule has 0 aromatic carbocycles. The monoisotopic (exact) mass is 778 g/mol. The van der Waals surface area contributed by atoms with Crippen LogP contribution < -0.4 is 0 Å². The van der Waals surface area contributed by atoms with Crippen LogP contribution in [0.1, 0.15) is 73.4 Å². The second-order valence-electron chi connectivity index (χ2n) is 10.2. The Hall–Kier alpha value is -6.29. The Morgan fingerprint density at radius 3 is 1.50 bits per heavy atom. The first kappa shape index (κ1) is 42.1. The van der Waals surface area contributed by atoms with Gasteiger partial charge in [0.1, 0.15) is 16.7 Å². The number of pyridine rings is 2. The number of H-pyrrole nitrogens is 1. The van der Waals surface area contributed by atoms with Crippen molar-refractivity contribution >= 4 is 17.9 Å². The lowest BCUT2D eigenvalue weighted by atomic mass is 10.2. The highest BCUT2D eigenvalue weighted by atomic mass is 19.4. The third-order valence-electron chi connectivity index (χ3n) is 6.30. The predicted octanol–water partition coefficient (Wildman–Crippen LogP) is 6.17. The summed E-state index contributed by atoms with van der Waals surface area (Å²) in [5.74, 6) is -3.75. The van der Waals surface area contributed by atoms with Gasteiger partial charge in [0.05, 0.1) is 43.9 Å². The zero-order valence-corrected chi connectivity index (χ0v) is 27.7. The van der Waals surface area contributed by atoms with Crippen LogP contribution in [0.2, 0.25) is 0 Å². The topological polar surface area (TPSA) is 180 Å². The molecule has 14 nitrogen and oxygen atoms in total. The minimum atomic E-state index is -4.80. The third-order valence-corrected chi connectivity index (χ3v) is 6.30. The molecule has 54 heavy (non-hydrogen) atoms. The van der Waals surface area contributed by atoms with E-state index >= 15 is 0 Å². The standard InChI is InChI=1S/C13H12F3N3O2.C11H8F3N3O2.C7H7F3N2O2/c1-2-21-12(20)10-8-19(18-11(10)13(14,15)16)7-9-5-3-4-6-17-9;12-11(13,14)9-8(10(18)19)6-17(16-9)5-7-3-1-2-4-15-7;1-2-14-6(13)4-3-11-12-5(4)7(8,9)10/h3-6,8H,2,7H2,1H3;1-4,6H,5H2,(H,18,19);3H,2H2,1H3,(H,11,12). The number of halogens is 9. The highest BCUT2D eigenvalue weighted by Gasteiger charge is 2.41. The molecule has 0 unspecified atom stereocenters. The zero-order chi connectivity index (χ0) is 40.3. The number of carboxylic acid groups (broad SMARTS) is 1. The van der Waals surface area contributed by atoms with Gasteiger partial charge < -0.3 is 14.6 Å². The van der Waals surface area contributed by atoms with Crippen LogP contribution in [-0.2, 0) is 41.1 Å². The minimum absolute atomic E-state index is 0.0123. The number of rotatable bonds is 9. The van der Waals surface area contributed by atoms with Gasteiger partial charge in [0.15, 0.2) is 17.1 Å². The fourth-order valence-electron chi connectivity index (χ4n) is 4.12. The van der Waals surface area contributed by atoms with Crippen molar-refractivity contribution in [3.8, 4) is 0 Å². The summed E-state index contributed by atoms with van der Waals surface area (Å²) >= 11 is 0. The Bertz CT molecular complexity index is 1990. The number of aromatic amines is 1.